The van der Waals surface area contributed by atoms with Gasteiger partial charge in [0.15, 0.2) is 29.1 Å². The number of aromatic nitrogens is 8. The lowest BCUT2D eigenvalue weighted by atomic mass is 10.2. The lowest BCUT2D eigenvalue weighted by Gasteiger charge is -2.30. The fourth-order valence-corrected chi connectivity index (χ4v) is 5.01. The topological polar surface area (TPSA) is 185 Å². The molecule has 0 N–H and O–H groups in total. The van der Waals surface area contributed by atoms with Gasteiger partial charge in [0, 0.05) is 90.2 Å². The molecule has 0 spiro atoms. The van der Waals surface area contributed by atoms with Gasteiger partial charge in [0.05, 0.1) is 11.9 Å². The van der Waals surface area contributed by atoms with Crippen LogP contribution in [0.5, 0.6) is 0 Å². The number of carbonyl (C=O) groups is 1. The fraction of sp³-hybridized carbons (Fsp3) is 0.525. The van der Waals surface area contributed by atoms with Crippen LogP contribution in [0.4, 0.5) is 0 Å². The van der Waals surface area contributed by atoms with Crippen LogP contribution in [0.15, 0.2) is 56.2 Å². The molecular formula is C40H59BrN8O8. The van der Waals surface area contributed by atoms with Gasteiger partial charge < -0.3 is 33.2 Å². The maximum Gasteiger partial charge on any atom is 0.254 e. The largest absolute Gasteiger partial charge is 0.491 e. The molecule has 4 rings (SSSR count). The Bertz CT molecular complexity index is 1600. The molecule has 4 aromatic rings. The van der Waals surface area contributed by atoms with Crippen molar-refractivity contribution >= 4 is 27.5 Å². The predicted molar refractivity (Wildman–Crippen MR) is 219 cm³/mol. The number of Topliss-reactive ketones (excluding diaryl/α,β-unsaturated/α-hetero) is 1. The number of hydrogen-bond donors (Lipinski definition) is 0. The number of halogens is 1. The molecule has 17 heteroatoms. The third-order valence-electron chi connectivity index (χ3n) is 6.92. The summed E-state index contributed by atoms with van der Waals surface area (Å²) < 4.78 is 37.6. The quantitative estimate of drug-likeness (QED) is 0.0432. The Balaban J connectivity index is 0.000000384. The Morgan fingerprint density at radius 2 is 0.912 bits per heavy atom. The first kappa shape index (κ1) is 50.8. The molecule has 4 heterocycles. The SMILES string of the molecule is C=C(OCC)c1ncc(C)cn1.CCOC(CBr)(OCC)c1ncc(C)cn1.CCOC(COC)(OCC)c1ncc(C)cn1.COCC(=O)c1ncc(C)cn1. The van der Waals surface area contributed by atoms with Gasteiger partial charge in [-0.3, -0.25) is 4.79 Å². The summed E-state index contributed by atoms with van der Waals surface area (Å²) in [4.78, 5) is 44.0. The van der Waals surface area contributed by atoms with Crippen LogP contribution in [0.1, 0.15) is 85.0 Å². The third-order valence-corrected chi connectivity index (χ3v) is 7.66. The Hall–Kier alpha value is -4.23. The number of ketones is 1. The first-order valence-corrected chi connectivity index (χ1v) is 19.6. The number of hydrogen-bond acceptors (Lipinski definition) is 16. The molecule has 0 saturated heterocycles. The maximum atomic E-state index is 11.1. The minimum absolute atomic E-state index is 0.0308. The highest BCUT2D eigenvalue weighted by Gasteiger charge is 2.37. The highest BCUT2D eigenvalue weighted by molar-refractivity contribution is 9.09. The molecule has 4 aromatic heterocycles. The van der Waals surface area contributed by atoms with E-state index in [1.807, 2.05) is 62.3 Å². The van der Waals surface area contributed by atoms with E-state index in [0.29, 0.717) is 61.6 Å². The molecule has 0 saturated carbocycles. The summed E-state index contributed by atoms with van der Waals surface area (Å²) in [5, 5.41) is 0.505. The number of alkyl halides is 1. The van der Waals surface area contributed by atoms with Crippen molar-refractivity contribution in [3.8, 4) is 0 Å². The van der Waals surface area contributed by atoms with Crippen LogP contribution in [-0.4, -0.2) is 111 Å². The Labute approximate surface area is 345 Å². The Kier molecular flexibility index (Phi) is 25.1. The van der Waals surface area contributed by atoms with Gasteiger partial charge in [-0.25, -0.2) is 39.9 Å². The molecule has 0 radical (unpaired) electrons. The van der Waals surface area contributed by atoms with Crippen molar-refractivity contribution in [2.45, 2.75) is 73.9 Å². The van der Waals surface area contributed by atoms with E-state index in [2.05, 4.69) is 67.1 Å². The Morgan fingerprint density at radius 1 is 0.561 bits per heavy atom. The monoisotopic (exact) mass is 858 g/mol. The van der Waals surface area contributed by atoms with E-state index in [9.17, 15) is 4.79 Å². The minimum atomic E-state index is -1.01. The summed E-state index contributed by atoms with van der Waals surface area (Å²) in [6.07, 6.45) is 13.7. The van der Waals surface area contributed by atoms with Crippen LogP contribution in [-0.2, 0) is 44.7 Å². The molecule has 16 nitrogen and oxygen atoms in total. The van der Waals surface area contributed by atoms with E-state index in [1.54, 1.807) is 56.7 Å². The Morgan fingerprint density at radius 3 is 1.25 bits per heavy atom. The number of aryl methyl sites for hydroxylation is 4. The molecule has 0 unspecified atom stereocenters. The smallest absolute Gasteiger partial charge is 0.254 e. The maximum absolute atomic E-state index is 11.1. The molecule has 0 aliphatic heterocycles. The molecular weight excluding hydrogens is 800 g/mol. The van der Waals surface area contributed by atoms with E-state index in [-0.39, 0.29) is 24.8 Å². The predicted octanol–water partition coefficient (Wildman–Crippen LogP) is 6.47. The molecule has 0 amide bonds. The van der Waals surface area contributed by atoms with Crippen molar-refractivity contribution in [1.82, 2.24) is 39.9 Å². The van der Waals surface area contributed by atoms with E-state index in [4.69, 9.17) is 28.4 Å². The van der Waals surface area contributed by atoms with Gasteiger partial charge in [0.2, 0.25) is 11.6 Å². The second-order valence-corrected chi connectivity index (χ2v) is 12.4. The zero-order chi connectivity index (χ0) is 42.7. The highest BCUT2D eigenvalue weighted by Crippen LogP contribution is 2.27. The number of nitrogens with zero attached hydrogens (tertiary/aromatic N) is 8. The zero-order valence-corrected chi connectivity index (χ0v) is 36.8. The summed E-state index contributed by atoms with van der Waals surface area (Å²) in [7, 11) is 3.06. The molecule has 0 aliphatic rings. The van der Waals surface area contributed by atoms with Gasteiger partial charge in [-0.15, -0.1) is 0 Å². The van der Waals surface area contributed by atoms with E-state index >= 15 is 0 Å². The summed E-state index contributed by atoms with van der Waals surface area (Å²) in [6, 6.07) is 0. The van der Waals surface area contributed by atoms with Gasteiger partial charge in [-0.05, 0) is 84.6 Å². The van der Waals surface area contributed by atoms with Crippen molar-refractivity contribution < 1.29 is 38.0 Å². The first-order valence-electron chi connectivity index (χ1n) is 18.4. The minimum Gasteiger partial charge on any atom is -0.491 e. The second-order valence-electron chi connectivity index (χ2n) is 11.9. The molecule has 57 heavy (non-hydrogen) atoms. The van der Waals surface area contributed by atoms with Gasteiger partial charge in [-0.1, -0.05) is 22.5 Å². The lowest BCUT2D eigenvalue weighted by Crippen LogP contribution is -2.39. The fourth-order valence-electron chi connectivity index (χ4n) is 4.44. The van der Waals surface area contributed by atoms with Gasteiger partial charge in [0.1, 0.15) is 13.2 Å². The van der Waals surface area contributed by atoms with Crippen LogP contribution in [0.2, 0.25) is 0 Å². The number of carbonyl (C=O) groups excluding carboxylic acids is 1. The molecule has 0 aromatic carbocycles. The molecule has 0 atom stereocenters. The van der Waals surface area contributed by atoms with Crippen LogP contribution in [0, 0.1) is 27.7 Å². The average Bonchev–Trinajstić information content (AvgIpc) is 3.20. The van der Waals surface area contributed by atoms with Crippen molar-refractivity contribution in [3.05, 3.63) is 102 Å². The van der Waals surface area contributed by atoms with Crippen molar-refractivity contribution in [2.75, 3.05) is 65.8 Å². The van der Waals surface area contributed by atoms with E-state index < -0.39 is 11.6 Å². The summed E-state index contributed by atoms with van der Waals surface area (Å²) in [5.41, 5.74) is 3.97. The first-order chi connectivity index (χ1) is 27.3. The third kappa shape index (κ3) is 17.8. The summed E-state index contributed by atoms with van der Waals surface area (Å²) in [5.74, 6) is 0.260. The van der Waals surface area contributed by atoms with Gasteiger partial charge >= 0.3 is 0 Å². The number of rotatable bonds is 19. The average molecular weight is 860 g/mol. The lowest BCUT2D eigenvalue weighted by molar-refractivity contribution is -0.268. The summed E-state index contributed by atoms with van der Waals surface area (Å²) >= 11 is 3.40. The molecule has 314 valence electrons. The van der Waals surface area contributed by atoms with E-state index in [0.717, 1.165) is 22.3 Å². The van der Waals surface area contributed by atoms with Crippen LogP contribution in [0.3, 0.4) is 0 Å². The van der Waals surface area contributed by atoms with Crippen molar-refractivity contribution in [1.29, 1.82) is 0 Å². The van der Waals surface area contributed by atoms with Crippen LogP contribution in [0.25, 0.3) is 5.76 Å². The molecule has 0 fully saturated rings. The van der Waals surface area contributed by atoms with Crippen molar-refractivity contribution in [3.63, 3.8) is 0 Å². The second kappa shape index (κ2) is 28.2. The standard InChI is InChI=1S/C12H20N2O3.C11H17BrN2O2.C9H12N2O.C8H10N2O2/c1-5-16-12(9-15-4,17-6-2)11-13-7-10(3)8-14-11;1-4-15-11(8-12,16-5-2)10-13-6-9(3)7-14-10;1-4-12-8(3)9-10-5-7(2)6-11-9;1-6-3-9-8(10-4-6)7(11)5-12-2/h7-8H,5-6,9H2,1-4H3;6-7H,4-5,8H2,1-3H3;5-6H,3-4H2,1-2H3;3-4H,5H2,1-2H3. The number of methoxy groups -OCH3 is 2. The van der Waals surface area contributed by atoms with Gasteiger partial charge in [0.25, 0.3) is 5.79 Å². The van der Waals surface area contributed by atoms with Gasteiger partial charge in [-0.2, -0.15) is 0 Å². The van der Waals surface area contributed by atoms with E-state index in [1.165, 1.54) is 7.11 Å². The zero-order valence-electron chi connectivity index (χ0n) is 35.2. The molecule has 0 bridgehead atoms. The highest BCUT2D eigenvalue weighted by atomic mass is 79.9. The van der Waals surface area contributed by atoms with Crippen LogP contribution >= 0.6 is 15.9 Å². The van der Waals surface area contributed by atoms with Crippen molar-refractivity contribution in [2.24, 2.45) is 0 Å². The summed E-state index contributed by atoms with van der Waals surface area (Å²) in [6.45, 7) is 23.9. The number of ether oxygens (including phenoxy) is 7. The van der Waals surface area contributed by atoms with Crippen LogP contribution < -0.4 is 0 Å². The normalized spacial score (nSPS) is 10.9. The molecule has 0 aliphatic carbocycles.